The summed E-state index contributed by atoms with van der Waals surface area (Å²) in [5, 5.41) is 4.29. The standard InChI is InChI=1S/C24H28N4O2.ClH/c1-4-18-9-5-6-13-28(18)24(29)21-15-25-23-20(12-11-16(2)26-23)22(21)27-17-8-7-10-19(14-17)30-3;/h7-8,10-12,14-15,18H,4-6,9,13H2,1-3H3,(H,25,26,27);1H. The van der Waals surface area contributed by atoms with Crippen molar-refractivity contribution in [1.82, 2.24) is 14.9 Å². The third-order valence-corrected chi connectivity index (χ3v) is 5.80. The Kier molecular flexibility index (Phi) is 7.33. The summed E-state index contributed by atoms with van der Waals surface area (Å²) in [7, 11) is 1.64. The number of fused-ring (bicyclic) bond motifs is 1. The fourth-order valence-corrected chi connectivity index (χ4v) is 4.16. The van der Waals surface area contributed by atoms with Gasteiger partial charge in [0.15, 0.2) is 5.65 Å². The van der Waals surface area contributed by atoms with Crippen LogP contribution in [0.3, 0.4) is 0 Å². The lowest BCUT2D eigenvalue weighted by Gasteiger charge is -2.35. The van der Waals surface area contributed by atoms with E-state index in [4.69, 9.17) is 4.74 Å². The Labute approximate surface area is 189 Å². The number of aryl methyl sites for hydroxylation is 1. The van der Waals surface area contributed by atoms with Gasteiger partial charge in [0.1, 0.15) is 5.75 Å². The van der Waals surface area contributed by atoms with Crippen LogP contribution >= 0.6 is 12.4 Å². The third kappa shape index (κ3) is 4.74. The molecule has 1 amide bonds. The molecule has 164 valence electrons. The molecule has 6 nitrogen and oxygen atoms in total. The number of ether oxygens (including phenoxy) is 1. The number of rotatable bonds is 5. The van der Waals surface area contributed by atoms with Crippen LogP contribution in [-0.2, 0) is 0 Å². The normalized spacial score (nSPS) is 16.0. The SMILES string of the molecule is CCC1CCCCN1C(=O)c1cnc2nc(C)ccc2c1Nc1cccc(OC)c1.Cl. The van der Waals surface area contributed by atoms with E-state index in [9.17, 15) is 4.79 Å². The van der Waals surface area contributed by atoms with Crippen LogP contribution in [0, 0.1) is 6.92 Å². The monoisotopic (exact) mass is 440 g/mol. The van der Waals surface area contributed by atoms with Crippen molar-refractivity contribution >= 4 is 40.7 Å². The molecule has 1 aromatic carbocycles. The average Bonchev–Trinajstić information content (AvgIpc) is 2.78. The number of likely N-dealkylation sites (tertiary alicyclic amines) is 1. The zero-order valence-electron chi connectivity index (χ0n) is 18.2. The highest BCUT2D eigenvalue weighted by molar-refractivity contribution is 6.07. The van der Waals surface area contributed by atoms with Gasteiger partial charge in [0.25, 0.3) is 5.91 Å². The predicted octanol–water partition coefficient (Wildman–Crippen LogP) is 5.52. The number of nitrogens with zero attached hydrogens (tertiary/aromatic N) is 3. The summed E-state index contributed by atoms with van der Waals surface area (Å²) >= 11 is 0. The fraction of sp³-hybridized carbons (Fsp3) is 0.375. The molecule has 31 heavy (non-hydrogen) atoms. The lowest BCUT2D eigenvalue weighted by atomic mass is 9.98. The molecule has 3 heterocycles. The first-order valence-electron chi connectivity index (χ1n) is 10.6. The van der Waals surface area contributed by atoms with Crippen molar-refractivity contribution in [2.24, 2.45) is 0 Å². The second kappa shape index (κ2) is 9.96. The molecule has 4 rings (SSSR count). The number of hydrogen-bond acceptors (Lipinski definition) is 5. The number of anilines is 2. The number of aromatic nitrogens is 2. The Morgan fingerprint density at radius 1 is 1.26 bits per heavy atom. The van der Waals surface area contributed by atoms with Crippen LogP contribution in [0.25, 0.3) is 11.0 Å². The van der Waals surface area contributed by atoms with Crippen molar-refractivity contribution in [3.63, 3.8) is 0 Å². The number of carbonyl (C=O) groups excluding carboxylic acids is 1. The number of amides is 1. The molecule has 1 N–H and O–H groups in total. The van der Waals surface area contributed by atoms with Gasteiger partial charge in [-0.15, -0.1) is 12.4 Å². The minimum Gasteiger partial charge on any atom is -0.497 e. The van der Waals surface area contributed by atoms with Crippen LogP contribution in [0.2, 0.25) is 0 Å². The molecule has 0 radical (unpaired) electrons. The molecule has 0 aliphatic carbocycles. The van der Waals surface area contributed by atoms with Crippen LogP contribution in [0.5, 0.6) is 5.75 Å². The highest BCUT2D eigenvalue weighted by Gasteiger charge is 2.28. The molecule has 3 aromatic rings. The van der Waals surface area contributed by atoms with Gasteiger partial charge < -0.3 is 15.0 Å². The second-order valence-electron chi connectivity index (χ2n) is 7.78. The Morgan fingerprint density at radius 3 is 2.87 bits per heavy atom. The van der Waals surface area contributed by atoms with Gasteiger partial charge in [0, 0.05) is 41.6 Å². The van der Waals surface area contributed by atoms with Gasteiger partial charge in [0.05, 0.1) is 18.4 Å². The minimum atomic E-state index is 0. The topological polar surface area (TPSA) is 67.4 Å². The summed E-state index contributed by atoms with van der Waals surface area (Å²) in [6.45, 7) is 4.88. The van der Waals surface area contributed by atoms with E-state index in [1.165, 1.54) is 6.42 Å². The Balaban J connectivity index is 0.00000272. The third-order valence-electron chi connectivity index (χ3n) is 5.80. The maximum atomic E-state index is 13.6. The van der Waals surface area contributed by atoms with Gasteiger partial charge in [-0.2, -0.15) is 0 Å². The van der Waals surface area contributed by atoms with E-state index in [1.807, 2.05) is 48.2 Å². The van der Waals surface area contributed by atoms with Crippen molar-refractivity contribution in [3.05, 3.63) is 53.9 Å². The summed E-state index contributed by atoms with van der Waals surface area (Å²) in [6, 6.07) is 11.9. The molecule has 1 atom stereocenters. The van der Waals surface area contributed by atoms with Gasteiger partial charge in [-0.3, -0.25) is 4.79 Å². The van der Waals surface area contributed by atoms with Gasteiger partial charge in [0.2, 0.25) is 0 Å². The molecule has 1 saturated heterocycles. The van der Waals surface area contributed by atoms with E-state index < -0.39 is 0 Å². The van der Waals surface area contributed by atoms with Crippen LogP contribution < -0.4 is 10.1 Å². The Morgan fingerprint density at radius 2 is 2.10 bits per heavy atom. The highest BCUT2D eigenvalue weighted by Crippen LogP contribution is 2.32. The number of halogens is 1. The van der Waals surface area contributed by atoms with E-state index in [2.05, 4.69) is 22.2 Å². The first-order chi connectivity index (χ1) is 14.6. The zero-order valence-corrected chi connectivity index (χ0v) is 19.0. The second-order valence-corrected chi connectivity index (χ2v) is 7.78. The summed E-state index contributed by atoms with van der Waals surface area (Å²) in [5.74, 6) is 0.782. The minimum absolute atomic E-state index is 0. The number of hydrogen-bond donors (Lipinski definition) is 1. The number of methoxy groups -OCH3 is 1. The molecule has 2 aromatic heterocycles. The first kappa shape index (κ1) is 22.8. The van der Waals surface area contributed by atoms with Crippen molar-refractivity contribution in [2.75, 3.05) is 19.0 Å². The molecule has 0 bridgehead atoms. The Bertz CT molecular complexity index is 1070. The predicted molar refractivity (Wildman–Crippen MR) is 127 cm³/mol. The summed E-state index contributed by atoms with van der Waals surface area (Å²) in [5.41, 5.74) is 3.69. The van der Waals surface area contributed by atoms with E-state index in [0.29, 0.717) is 11.2 Å². The molecule has 1 unspecified atom stereocenters. The van der Waals surface area contributed by atoms with Gasteiger partial charge in [-0.25, -0.2) is 9.97 Å². The molecular weight excluding hydrogens is 412 g/mol. The van der Waals surface area contributed by atoms with E-state index in [0.717, 1.165) is 54.0 Å². The van der Waals surface area contributed by atoms with E-state index in [1.54, 1.807) is 13.3 Å². The molecular formula is C24H29ClN4O2. The van der Waals surface area contributed by atoms with Crippen LogP contribution in [0.4, 0.5) is 11.4 Å². The van der Waals surface area contributed by atoms with Crippen molar-refractivity contribution in [3.8, 4) is 5.75 Å². The molecule has 1 aliphatic rings. The van der Waals surface area contributed by atoms with E-state index >= 15 is 0 Å². The highest BCUT2D eigenvalue weighted by atomic mass is 35.5. The van der Waals surface area contributed by atoms with Crippen LogP contribution in [0.15, 0.2) is 42.6 Å². The molecule has 1 aliphatic heterocycles. The molecule has 1 fully saturated rings. The largest absolute Gasteiger partial charge is 0.497 e. The maximum absolute atomic E-state index is 13.6. The fourth-order valence-electron chi connectivity index (χ4n) is 4.16. The maximum Gasteiger partial charge on any atom is 0.257 e. The van der Waals surface area contributed by atoms with Crippen LogP contribution in [0.1, 0.15) is 48.7 Å². The number of piperidine rings is 1. The summed E-state index contributed by atoms with van der Waals surface area (Å²) < 4.78 is 5.36. The zero-order chi connectivity index (χ0) is 21.1. The van der Waals surface area contributed by atoms with Crippen molar-refractivity contribution in [1.29, 1.82) is 0 Å². The lowest BCUT2D eigenvalue weighted by Crippen LogP contribution is -2.43. The number of benzene rings is 1. The number of pyridine rings is 2. The first-order valence-corrected chi connectivity index (χ1v) is 10.6. The van der Waals surface area contributed by atoms with Gasteiger partial charge in [-0.1, -0.05) is 13.0 Å². The Hall–Kier alpha value is -2.86. The molecule has 7 heteroatoms. The van der Waals surface area contributed by atoms with Gasteiger partial charge in [-0.05, 0) is 56.9 Å². The average molecular weight is 441 g/mol. The molecule has 0 spiro atoms. The van der Waals surface area contributed by atoms with Crippen molar-refractivity contribution in [2.45, 2.75) is 45.6 Å². The van der Waals surface area contributed by atoms with Crippen molar-refractivity contribution < 1.29 is 9.53 Å². The number of carbonyl (C=O) groups is 1. The smallest absolute Gasteiger partial charge is 0.257 e. The molecule has 0 saturated carbocycles. The summed E-state index contributed by atoms with van der Waals surface area (Å²) in [6.07, 6.45) is 5.91. The quantitative estimate of drug-likeness (QED) is 0.566. The lowest BCUT2D eigenvalue weighted by molar-refractivity contribution is 0.0609. The van der Waals surface area contributed by atoms with Gasteiger partial charge >= 0.3 is 0 Å². The van der Waals surface area contributed by atoms with Crippen LogP contribution in [-0.4, -0.2) is 40.5 Å². The van der Waals surface area contributed by atoms with E-state index in [-0.39, 0.29) is 24.4 Å². The summed E-state index contributed by atoms with van der Waals surface area (Å²) in [4.78, 5) is 24.7. The number of nitrogens with one attached hydrogen (secondary N) is 1.